The van der Waals surface area contributed by atoms with Crippen molar-refractivity contribution in [2.75, 3.05) is 31.9 Å². The lowest BCUT2D eigenvalue weighted by Crippen LogP contribution is -2.33. The molecule has 0 spiro atoms. The van der Waals surface area contributed by atoms with Crippen LogP contribution < -0.4 is 0 Å². The molecule has 0 N–H and O–H groups in total. The summed E-state index contributed by atoms with van der Waals surface area (Å²) in [5, 5.41) is 0.265. The van der Waals surface area contributed by atoms with Crippen LogP contribution in [0.5, 0.6) is 0 Å². The Labute approximate surface area is 169 Å². The first-order valence-electron chi connectivity index (χ1n) is 9.60. The molecule has 3 heterocycles. The molecular formula is C20H24N2O4S2. The molecule has 0 radical (unpaired) electrons. The molecule has 2 saturated heterocycles. The lowest BCUT2D eigenvalue weighted by atomic mass is 10.2. The number of carbonyl (C=O) groups is 1. The Bertz CT molecular complexity index is 904. The third-order valence-corrected chi connectivity index (χ3v) is 8.49. The van der Waals surface area contributed by atoms with Gasteiger partial charge >= 0.3 is 0 Å². The number of hydrogen-bond donors (Lipinski definition) is 0. The fourth-order valence-corrected chi connectivity index (χ4v) is 6.40. The van der Waals surface area contributed by atoms with Crippen LogP contribution in [0, 0.1) is 0 Å². The minimum Gasteiger partial charge on any atom is -0.468 e. The largest absolute Gasteiger partial charge is 0.468 e. The van der Waals surface area contributed by atoms with Crippen molar-refractivity contribution >= 4 is 27.7 Å². The quantitative estimate of drug-likeness (QED) is 0.758. The highest BCUT2D eigenvalue weighted by atomic mass is 32.2. The van der Waals surface area contributed by atoms with E-state index in [-0.39, 0.29) is 16.1 Å². The van der Waals surface area contributed by atoms with Gasteiger partial charge in [-0.1, -0.05) is 0 Å². The molecule has 1 aromatic carbocycles. The van der Waals surface area contributed by atoms with Gasteiger partial charge in [0.05, 0.1) is 16.4 Å². The Morgan fingerprint density at radius 1 is 1.04 bits per heavy atom. The number of rotatable bonds is 4. The number of benzene rings is 1. The Morgan fingerprint density at radius 2 is 1.79 bits per heavy atom. The maximum atomic E-state index is 12.9. The molecule has 2 aliphatic rings. The van der Waals surface area contributed by atoms with E-state index in [2.05, 4.69) is 0 Å². The summed E-state index contributed by atoms with van der Waals surface area (Å²) in [6.45, 7) is 2.48. The van der Waals surface area contributed by atoms with Gasteiger partial charge in [-0.25, -0.2) is 8.42 Å². The number of thioether (sulfide) groups is 1. The lowest BCUT2D eigenvalue weighted by molar-refractivity contribution is 0.0766. The molecule has 28 heavy (non-hydrogen) atoms. The normalized spacial score (nSPS) is 21.6. The van der Waals surface area contributed by atoms with Crippen LogP contribution in [0.4, 0.5) is 0 Å². The highest BCUT2D eigenvalue weighted by Crippen LogP contribution is 2.34. The third-order valence-electron chi connectivity index (χ3n) is 5.29. The predicted molar refractivity (Wildman–Crippen MR) is 109 cm³/mol. The molecule has 0 bridgehead atoms. The molecule has 6 nitrogen and oxygen atoms in total. The van der Waals surface area contributed by atoms with Crippen LogP contribution in [0.1, 0.15) is 40.6 Å². The zero-order chi connectivity index (χ0) is 19.6. The van der Waals surface area contributed by atoms with Gasteiger partial charge in [0.1, 0.15) is 5.76 Å². The first-order valence-corrected chi connectivity index (χ1v) is 12.1. The summed E-state index contributed by atoms with van der Waals surface area (Å²) in [6.07, 6.45) is 4.33. The van der Waals surface area contributed by atoms with Crippen LogP contribution in [-0.2, 0) is 10.0 Å². The molecule has 1 atom stereocenters. The molecule has 150 valence electrons. The maximum absolute atomic E-state index is 12.9. The van der Waals surface area contributed by atoms with E-state index in [1.54, 1.807) is 42.3 Å². The standard InChI is InChI=1S/C20H24N2O4S2/c23-20(21-12-9-19(27-15-13-21)18-4-3-14-26-18)16-5-7-17(8-6-16)28(24,25)22-10-1-2-11-22/h3-8,14,19H,1-2,9-13,15H2. The number of hydrogen-bond acceptors (Lipinski definition) is 5. The molecule has 0 aliphatic carbocycles. The van der Waals surface area contributed by atoms with Crippen molar-refractivity contribution in [3.63, 3.8) is 0 Å². The smallest absolute Gasteiger partial charge is 0.253 e. The van der Waals surface area contributed by atoms with Gasteiger partial charge in [0.15, 0.2) is 0 Å². The van der Waals surface area contributed by atoms with Gasteiger partial charge < -0.3 is 9.32 Å². The van der Waals surface area contributed by atoms with Crippen molar-refractivity contribution in [3.8, 4) is 0 Å². The number of sulfonamides is 1. The SMILES string of the molecule is O=C(c1ccc(S(=O)(=O)N2CCCC2)cc1)N1CCSC(c2ccco2)CC1. The zero-order valence-electron chi connectivity index (χ0n) is 15.6. The second kappa shape index (κ2) is 8.31. The van der Waals surface area contributed by atoms with Crippen molar-refractivity contribution in [1.29, 1.82) is 0 Å². The molecule has 2 aromatic rings. The fourth-order valence-electron chi connectivity index (χ4n) is 3.70. The van der Waals surface area contributed by atoms with Crippen molar-refractivity contribution in [3.05, 3.63) is 54.0 Å². The van der Waals surface area contributed by atoms with Crippen LogP contribution in [0.3, 0.4) is 0 Å². The minimum atomic E-state index is -3.45. The fraction of sp³-hybridized carbons (Fsp3) is 0.450. The van der Waals surface area contributed by atoms with Crippen molar-refractivity contribution < 1.29 is 17.6 Å². The van der Waals surface area contributed by atoms with Crippen LogP contribution in [-0.4, -0.2) is 55.5 Å². The molecule has 0 saturated carbocycles. The molecule has 2 aliphatic heterocycles. The lowest BCUT2D eigenvalue weighted by Gasteiger charge is -2.20. The van der Waals surface area contributed by atoms with Gasteiger partial charge in [-0.05, 0) is 55.7 Å². The van der Waals surface area contributed by atoms with E-state index in [1.807, 2.05) is 17.0 Å². The van der Waals surface area contributed by atoms with Crippen molar-refractivity contribution in [1.82, 2.24) is 9.21 Å². The van der Waals surface area contributed by atoms with Gasteiger partial charge in [-0.3, -0.25) is 4.79 Å². The van der Waals surface area contributed by atoms with Gasteiger partial charge in [0.25, 0.3) is 5.91 Å². The Morgan fingerprint density at radius 3 is 2.46 bits per heavy atom. The summed E-state index contributed by atoms with van der Waals surface area (Å²) in [5.41, 5.74) is 0.529. The van der Waals surface area contributed by atoms with Crippen molar-refractivity contribution in [2.45, 2.75) is 29.4 Å². The monoisotopic (exact) mass is 420 g/mol. The maximum Gasteiger partial charge on any atom is 0.253 e. The minimum absolute atomic E-state index is 0.0502. The predicted octanol–water partition coefficient (Wildman–Crippen LogP) is 3.38. The first kappa shape index (κ1) is 19.5. The van der Waals surface area contributed by atoms with E-state index in [0.717, 1.165) is 30.8 Å². The van der Waals surface area contributed by atoms with Gasteiger partial charge in [-0.2, -0.15) is 4.31 Å². The van der Waals surface area contributed by atoms with Crippen LogP contribution >= 0.6 is 11.8 Å². The average molecular weight is 421 g/mol. The molecule has 4 rings (SSSR count). The highest BCUT2D eigenvalue weighted by molar-refractivity contribution is 7.99. The summed E-state index contributed by atoms with van der Waals surface area (Å²) in [7, 11) is -3.45. The number of nitrogens with zero attached hydrogens (tertiary/aromatic N) is 2. The zero-order valence-corrected chi connectivity index (χ0v) is 17.3. The van der Waals surface area contributed by atoms with E-state index in [4.69, 9.17) is 4.42 Å². The topological polar surface area (TPSA) is 70.8 Å². The number of furan rings is 1. The Balaban J connectivity index is 1.43. The van der Waals surface area contributed by atoms with E-state index in [1.165, 1.54) is 4.31 Å². The van der Waals surface area contributed by atoms with Crippen LogP contribution in [0.2, 0.25) is 0 Å². The molecule has 1 aromatic heterocycles. The summed E-state index contributed by atoms with van der Waals surface area (Å²) >= 11 is 1.81. The van der Waals surface area contributed by atoms with Gasteiger partial charge in [-0.15, -0.1) is 11.8 Å². The molecule has 2 fully saturated rings. The van der Waals surface area contributed by atoms with Gasteiger partial charge in [0, 0.05) is 37.5 Å². The molecule has 8 heteroatoms. The van der Waals surface area contributed by atoms with E-state index >= 15 is 0 Å². The second-order valence-electron chi connectivity index (χ2n) is 7.09. The summed E-state index contributed by atoms with van der Waals surface area (Å²) in [4.78, 5) is 15.0. The highest BCUT2D eigenvalue weighted by Gasteiger charge is 2.28. The molecule has 1 unspecified atom stereocenters. The summed E-state index contributed by atoms with van der Waals surface area (Å²) < 4.78 is 32.3. The van der Waals surface area contributed by atoms with Crippen LogP contribution in [0.15, 0.2) is 52.0 Å². The third kappa shape index (κ3) is 3.99. The summed E-state index contributed by atoms with van der Waals surface area (Å²) in [6, 6.07) is 10.2. The Hall–Kier alpha value is -1.77. The average Bonchev–Trinajstić information content (AvgIpc) is 3.39. The van der Waals surface area contributed by atoms with Crippen molar-refractivity contribution in [2.24, 2.45) is 0 Å². The second-order valence-corrected chi connectivity index (χ2v) is 10.3. The van der Waals surface area contributed by atoms with E-state index < -0.39 is 10.0 Å². The molecule has 1 amide bonds. The summed E-state index contributed by atoms with van der Waals surface area (Å²) in [5.74, 6) is 1.75. The number of amides is 1. The molecular weight excluding hydrogens is 396 g/mol. The first-order chi connectivity index (χ1) is 13.6. The van der Waals surface area contributed by atoms with E-state index in [9.17, 15) is 13.2 Å². The number of carbonyl (C=O) groups excluding carboxylic acids is 1. The van der Waals surface area contributed by atoms with E-state index in [0.29, 0.717) is 31.7 Å². The van der Waals surface area contributed by atoms with Gasteiger partial charge in [0.2, 0.25) is 10.0 Å². The van der Waals surface area contributed by atoms with Crippen LogP contribution in [0.25, 0.3) is 0 Å². The Kier molecular flexibility index (Phi) is 5.80.